The number of halogens is 1. The highest BCUT2D eigenvalue weighted by molar-refractivity contribution is 6.32. The van der Waals surface area contributed by atoms with Crippen LogP contribution in [-0.4, -0.2) is 72.4 Å². The standard InChI is InChI=1S/C20H27ClN4O4/c1-14-9-15(2)12-24(11-14)19(26)13-22-5-7-23(8-6-22)20(27)16-3-4-17(21)18(10-16)25(28)29/h3-4,10,14-15H,5-9,11-13H2,1-2H3/p+1/t14-,15-/m0/s1. The lowest BCUT2D eigenvalue weighted by Crippen LogP contribution is -3.15. The molecule has 8 nitrogen and oxygen atoms in total. The lowest BCUT2D eigenvalue weighted by molar-refractivity contribution is -0.896. The fraction of sp³-hybridized carbons (Fsp3) is 0.600. The van der Waals surface area contributed by atoms with Gasteiger partial charge in [-0.2, -0.15) is 0 Å². The summed E-state index contributed by atoms with van der Waals surface area (Å²) in [5.41, 5.74) is -0.00530. The number of benzene rings is 1. The summed E-state index contributed by atoms with van der Waals surface area (Å²) in [6.07, 6.45) is 1.17. The Labute approximate surface area is 175 Å². The number of nitrogens with one attached hydrogen (secondary N) is 1. The largest absolute Gasteiger partial charge is 0.337 e. The molecule has 158 valence electrons. The van der Waals surface area contributed by atoms with E-state index >= 15 is 0 Å². The molecule has 0 unspecified atom stereocenters. The summed E-state index contributed by atoms with van der Waals surface area (Å²) in [6, 6.07) is 4.12. The molecule has 2 amide bonds. The maximum absolute atomic E-state index is 12.7. The van der Waals surface area contributed by atoms with E-state index in [1.165, 1.54) is 29.5 Å². The number of quaternary nitrogens is 1. The van der Waals surface area contributed by atoms with E-state index in [0.29, 0.717) is 44.6 Å². The van der Waals surface area contributed by atoms with Gasteiger partial charge in [0.25, 0.3) is 17.5 Å². The van der Waals surface area contributed by atoms with E-state index < -0.39 is 4.92 Å². The van der Waals surface area contributed by atoms with E-state index in [9.17, 15) is 19.7 Å². The predicted molar refractivity (Wildman–Crippen MR) is 109 cm³/mol. The van der Waals surface area contributed by atoms with Crippen LogP contribution in [0.3, 0.4) is 0 Å². The van der Waals surface area contributed by atoms with E-state index in [1.54, 1.807) is 4.90 Å². The summed E-state index contributed by atoms with van der Waals surface area (Å²) in [7, 11) is 0. The molecular formula is C20H28ClN4O4+. The second-order valence-corrected chi connectivity index (χ2v) is 8.79. The zero-order chi connectivity index (χ0) is 21.1. The molecule has 3 rings (SSSR count). The van der Waals surface area contributed by atoms with Crippen LogP contribution in [0.15, 0.2) is 18.2 Å². The molecule has 29 heavy (non-hydrogen) atoms. The molecule has 2 heterocycles. The van der Waals surface area contributed by atoms with Gasteiger partial charge in [-0.3, -0.25) is 19.7 Å². The van der Waals surface area contributed by atoms with Gasteiger partial charge >= 0.3 is 0 Å². The van der Waals surface area contributed by atoms with Gasteiger partial charge in [0.15, 0.2) is 6.54 Å². The number of carbonyl (C=O) groups excluding carboxylic acids is 2. The molecule has 1 aromatic carbocycles. The second-order valence-electron chi connectivity index (χ2n) is 8.39. The molecule has 2 aliphatic rings. The van der Waals surface area contributed by atoms with Gasteiger partial charge in [-0.15, -0.1) is 0 Å². The van der Waals surface area contributed by atoms with Crippen molar-refractivity contribution in [3.8, 4) is 0 Å². The summed E-state index contributed by atoms with van der Waals surface area (Å²) >= 11 is 5.83. The second kappa shape index (κ2) is 9.09. The third-order valence-electron chi connectivity index (χ3n) is 5.77. The monoisotopic (exact) mass is 423 g/mol. The Hall–Kier alpha value is -2.19. The van der Waals surface area contributed by atoms with E-state index in [1.807, 2.05) is 4.90 Å². The Bertz CT molecular complexity index is 785. The fourth-order valence-electron chi connectivity index (χ4n) is 4.36. The first-order valence-corrected chi connectivity index (χ1v) is 10.5. The fourth-order valence-corrected chi connectivity index (χ4v) is 4.55. The van der Waals surface area contributed by atoms with Gasteiger partial charge in [0.1, 0.15) is 5.02 Å². The third kappa shape index (κ3) is 5.25. The predicted octanol–water partition coefficient (Wildman–Crippen LogP) is 1.09. The van der Waals surface area contributed by atoms with Crippen molar-refractivity contribution < 1.29 is 19.4 Å². The normalized spacial score (nSPS) is 23.1. The average molecular weight is 424 g/mol. The summed E-state index contributed by atoms with van der Waals surface area (Å²) in [6.45, 7) is 8.90. The van der Waals surface area contributed by atoms with Crippen LogP contribution in [-0.2, 0) is 4.79 Å². The molecule has 0 radical (unpaired) electrons. The van der Waals surface area contributed by atoms with Crippen LogP contribution >= 0.6 is 11.6 Å². The number of likely N-dealkylation sites (tertiary alicyclic amines) is 1. The van der Waals surface area contributed by atoms with Gasteiger partial charge in [0.2, 0.25) is 0 Å². The van der Waals surface area contributed by atoms with Crippen LogP contribution in [0.1, 0.15) is 30.6 Å². The minimum Gasteiger partial charge on any atom is -0.337 e. The Kier molecular flexibility index (Phi) is 6.74. The molecule has 0 aliphatic carbocycles. The van der Waals surface area contributed by atoms with Crippen molar-refractivity contribution in [1.29, 1.82) is 0 Å². The molecular weight excluding hydrogens is 396 g/mol. The Morgan fingerprint density at radius 1 is 1.17 bits per heavy atom. The molecule has 1 N–H and O–H groups in total. The highest BCUT2D eigenvalue weighted by atomic mass is 35.5. The van der Waals surface area contributed by atoms with E-state index in [-0.39, 0.29) is 28.1 Å². The summed E-state index contributed by atoms with van der Waals surface area (Å²) < 4.78 is 0. The van der Waals surface area contributed by atoms with E-state index in [0.717, 1.165) is 13.1 Å². The van der Waals surface area contributed by atoms with Crippen molar-refractivity contribution in [3.63, 3.8) is 0 Å². The number of amides is 2. The van der Waals surface area contributed by atoms with Crippen LogP contribution in [0, 0.1) is 22.0 Å². The van der Waals surface area contributed by atoms with Crippen molar-refractivity contribution >= 4 is 29.1 Å². The van der Waals surface area contributed by atoms with Gasteiger partial charge in [0, 0.05) is 24.7 Å². The Morgan fingerprint density at radius 3 is 2.38 bits per heavy atom. The number of nitro benzene ring substituents is 1. The number of nitro groups is 1. The van der Waals surface area contributed by atoms with Crippen LogP contribution in [0.25, 0.3) is 0 Å². The molecule has 0 spiro atoms. The maximum Gasteiger partial charge on any atom is 0.288 e. The van der Waals surface area contributed by atoms with Crippen molar-refractivity contribution in [2.24, 2.45) is 11.8 Å². The minimum atomic E-state index is -0.588. The van der Waals surface area contributed by atoms with E-state index in [2.05, 4.69) is 13.8 Å². The number of hydrogen-bond donors (Lipinski definition) is 1. The number of piperidine rings is 1. The topological polar surface area (TPSA) is 88.2 Å². The van der Waals surface area contributed by atoms with Crippen LogP contribution < -0.4 is 4.90 Å². The quantitative estimate of drug-likeness (QED) is 0.580. The highest BCUT2D eigenvalue weighted by Crippen LogP contribution is 2.25. The van der Waals surface area contributed by atoms with Crippen molar-refractivity contribution in [2.75, 3.05) is 45.8 Å². The maximum atomic E-state index is 12.7. The molecule has 0 aromatic heterocycles. The van der Waals surface area contributed by atoms with Crippen LogP contribution in [0.2, 0.25) is 5.02 Å². The minimum absolute atomic E-state index is 0.0145. The summed E-state index contributed by atoms with van der Waals surface area (Å²) in [5.74, 6) is 1.02. The number of hydrogen-bond acceptors (Lipinski definition) is 4. The molecule has 2 fully saturated rings. The summed E-state index contributed by atoms with van der Waals surface area (Å²) in [4.78, 5) is 40.7. The smallest absolute Gasteiger partial charge is 0.288 e. The van der Waals surface area contributed by atoms with Crippen LogP contribution in [0.4, 0.5) is 5.69 Å². The zero-order valence-corrected chi connectivity index (χ0v) is 17.7. The molecule has 0 bridgehead atoms. The van der Waals surface area contributed by atoms with Gasteiger partial charge < -0.3 is 14.7 Å². The summed E-state index contributed by atoms with van der Waals surface area (Å²) in [5, 5.41) is 11.1. The number of piperazine rings is 1. The SMILES string of the molecule is C[C@H]1C[C@H](C)CN(C(=O)C[NH+]2CCN(C(=O)c3ccc(Cl)c([N+](=O)[O-])c3)CC2)C1. The molecule has 9 heteroatoms. The van der Waals surface area contributed by atoms with Crippen molar-refractivity contribution in [2.45, 2.75) is 20.3 Å². The molecule has 2 saturated heterocycles. The first-order chi connectivity index (χ1) is 13.7. The Balaban J connectivity index is 1.54. The lowest BCUT2D eigenvalue weighted by atomic mass is 9.92. The lowest BCUT2D eigenvalue weighted by Gasteiger charge is -2.37. The highest BCUT2D eigenvalue weighted by Gasteiger charge is 2.31. The molecule has 2 aliphatic heterocycles. The molecule has 0 saturated carbocycles. The third-order valence-corrected chi connectivity index (χ3v) is 6.09. The van der Waals surface area contributed by atoms with Crippen LogP contribution in [0.5, 0.6) is 0 Å². The number of rotatable bonds is 4. The zero-order valence-electron chi connectivity index (χ0n) is 16.9. The van der Waals surface area contributed by atoms with Crippen molar-refractivity contribution in [3.05, 3.63) is 38.9 Å². The van der Waals surface area contributed by atoms with E-state index in [4.69, 9.17) is 11.6 Å². The average Bonchev–Trinajstić information content (AvgIpc) is 2.67. The first kappa shape index (κ1) is 21.5. The molecule has 1 aromatic rings. The number of carbonyl (C=O) groups is 2. The first-order valence-electron chi connectivity index (χ1n) is 10.1. The van der Waals surface area contributed by atoms with Gasteiger partial charge in [0.05, 0.1) is 31.1 Å². The number of nitrogens with zero attached hydrogens (tertiary/aromatic N) is 3. The van der Waals surface area contributed by atoms with Crippen molar-refractivity contribution in [1.82, 2.24) is 9.80 Å². The van der Waals surface area contributed by atoms with Gasteiger partial charge in [-0.1, -0.05) is 25.4 Å². The van der Waals surface area contributed by atoms with Gasteiger partial charge in [-0.25, -0.2) is 0 Å². The Morgan fingerprint density at radius 2 is 1.79 bits per heavy atom. The van der Waals surface area contributed by atoms with Gasteiger partial charge in [-0.05, 0) is 30.4 Å². The molecule has 2 atom stereocenters.